The summed E-state index contributed by atoms with van der Waals surface area (Å²) in [7, 11) is 0. The molecule has 8 nitrogen and oxygen atoms in total. The van der Waals surface area contributed by atoms with Gasteiger partial charge in [-0.25, -0.2) is 4.79 Å². The van der Waals surface area contributed by atoms with Crippen molar-refractivity contribution in [3.8, 4) is 0 Å². The van der Waals surface area contributed by atoms with E-state index in [-0.39, 0.29) is 13.0 Å². The highest BCUT2D eigenvalue weighted by atomic mass is 16.7. The lowest BCUT2D eigenvalue weighted by molar-refractivity contribution is -0.279. The summed E-state index contributed by atoms with van der Waals surface area (Å²) in [5, 5.41) is 41.7. The van der Waals surface area contributed by atoms with Gasteiger partial charge in [0.1, 0.15) is 6.10 Å². The van der Waals surface area contributed by atoms with Crippen LogP contribution in [0.4, 0.5) is 0 Å². The van der Waals surface area contributed by atoms with Crippen molar-refractivity contribution >= 4 is 5.97 Å². The summed E-state index contributed by atoms with van der Waals surface area (Å²) in [5.74, 6) is -4.25. The Morgan fingerprint density at radius 1 is 1.12 bits per heavy atom. The molecule has 0 amide bonds. The summed E-state index contributed by atoms with van der Waals surface area (Å²) < 4.78 is 15.7. The number of aliphatic hydroxyl groups excluding tert-OH is 2. The van der Waals surface area contributed by atoms with Gasteiger partial charge in [-0.3, -0.25) is 0 Å². The van der Waals surface area contributed by atoms with E-state index in [4.69, 9.17) is 14.2 Å². The van der Waals surface area contributed by atoms with Crippen molar-refractivity contribution in [3.63, 3.8) is 0 Å². The number of carbonyl (C=O) groups excluding carboxylic acids is 1. The van der Waals surface area contributed by atoms with Gasteiger partial charge in [-0.15, -0.1) is 0 Å². The Bertz CT molecular complexity index is 513. The van der Waals surface area contributed by atoms with Crippen LogP contribution in [0.5, 0.6) is 0 Å². The van der Waals surface area contributed by atoms with Crippen LogP contribution in [0.25, 0.3) is 0 Å². The molecule has 0 saturated carbocycles. The van der Waals surface area contributed by atoms with Gasteiger partial charge in [0.05, 0.1) is 12.7 Å². The van der Waals surface area contributed by atoms with Gasteiger partial charge in [0.2, 0.25) is 11.4 Å². The minimum absolute atomic E-state index is 0.0133. The van der Waals surface area contributed by atoms with Gasteiger partial charge in [-0.1, -0.05) is 45.4 Å². The van der Waals surface area contributed by atoms with E-state index in [0.29, 0.717) is 6.42 Å². The third-order valence-corrected chi connectivity index (χ3v) is 5.92. The molecular weight excluding hydrogens is 344 g/mol. The molecule has 0 bridgehead atoms. The van der Waals surface area contributed by atoms with Crippen LogP contribution in [0.3, 0.4) is 0 Å². The number of fused-ring (bicyclic) bond motifs is 1. The molecule has 3 fully saturated rings. The molecule has 0 aromatic heterocycles. The Morgan fingerprint density at radius 2 is 1.81 bits per heavy atom. The fraction of sp³-hybridized carbons (Fsp3) is 0.944. The summed E-state index contributed by atoms with van der Waals surface area (Å²) in [4.78, 5) is 12.4. The second kappa shape index (κ2) is 7.69. The first kappa shape index (κ1) is 20.0. The Hall–Kier alpha value is -0.770. The molecule has 0 aromatic rings. The molecule has 3 heterocycles. The van der Waals surface area contributed by atoms with Crippen molar-refractivity contribution in [2.45, 2.75) is 94.3 Å². The second-order valence-electron chi connectivity index (χ2n) is 7.69. The summed E-state index contributed by atoms with van der Waals surface area (Å²) in [6, 6.07) is 0. The van der Waals surface area contributed by atoms with Gasteiger partial charge in [-0.05, 0) is 6.42 Å². The number of carbonyl (C=O) groups is 1. The zero-order chi connectivity index (χ0) is 18.9. The molecule has 3 saturated heterocycles. The van der Waals surface area contributed by atoms with Crippen molar-refractivity contribution in [3.05, 3.63) is 0 Å². The number of rotatable bonds is 8. The molecule has 7 atom stereocenters. The van der Waals surface area contributed by atoms with E-state index in [1.165, 1.54) is 12.8 Å². The third kappa shape index (κ3) is 3.16. The Morgan fingerprint density at radius 3 is 2.54 bits per heavy atom. The molecule has 3 aliphatic heterocycles. The third-order valence-electron chi connectivity index (χ3n) is 5.92. The van der Waals surface area contributed by atoms with Gasteiger partial charge in [0, 0.05) is 12.3 Å². The number of aliphatic hydroxyl groups is 4. The Balaban J connectivity index is 1.68. The van der Waals surface area contributed by atoms with E-state index in [0.717, 1.165) is 25.7 Å². The topological polar surface area (TPSA) is 126 Å². The Labute approximate surface area is 153 Å². The summed E-state index contributed by atoms with van der Waals surface area (Å²) in [5.41, 5.74) is -2.38. The van der Waals surface area contributed by atoms with Crippen LogP contribution in [0, 0.1) is 5.92 Å². The molecule has 3 rings (SSSR count). The van der Waals surface area contributed by atoms with Crippen LogP contribution in [0.15, 0.2) is 0 Å². The lowest BCUT2D eigenvalue weighted by Gasteiger charge is -2.37. The quantitative estimate of drug-likeness (QED) is 0.351. The van der Waals surface area contributed by atoms with E-state index in [1.54, 1.807) is 0 Å². The average molecular weight is 374 g/mol. The normalized spacial score (nSPS) is 45.1. The van der Waals surface area contributed by atoms with Crippen LogP contribution < -0.4 is 0 Å². The van der Waals surface area contributed by atoms with E-state index in [9.17, 15) is 25.2 Å². The minimum Gasteiger partial charge on any atom is -0.451 e. The zero-order valence-electron chi connectivity index (χ0n) is 15.2. The molecule has 0 radical (unpaired) electrons. The number of ether oxygens (including phenoxy) is 3. The smallest absolute Gasteiger partial charge is 0.345 e. The van der Waals surface area contributed by atoms with Gasteiger partial charge in [0.25, 0.3) is 0 Å². The second-order valence-corrected chi connectivity index (χ2v) is 7.69. The van der Waals surface area contributed by atoms with Crippen molar-refractivity contribution in [1.29, 1.82) is 0 Å². The van der Waals surface area contributed by atoms with Crippen molar-refractivity contribution in [1.82, 2.24) is 0 Å². The molecule has 150 valence electrons. The van der Waals surface area contributed by atoms with Gasteiger partial charge < -0.3 is 34.6 Å². The molecule has 0 spiro atoms. The number of esters is 1. The molecule has 26 heavy (non-hydrogen) atoms. The maximum atomic E-state index is 12.4. The van der Waals surface area contributed by atoms with Crippen molar-refractivity contribution in [2.75, 3.05) is 6.61 Å². The van der Waals surface area contributed by atoms with Crippen LogP contribution in [-0.4, -0.2) is 69.0 Å². The molecule has 7 unspecified atom stereocenters. The molecule has 0 aliphatic carbocycles. The molecular formula is C18H30O8. The average Bonchev–Trinajstić information content (AvgIpc) is 3.18. The number of hydrogen-bond acceptors (Lipinski definition) is 8. The zero-order valence-corrected chi connectivity index (χ0v) is 15.2. The SMILES string of the molecule is CCCCCCCCC1OC(O)CC1C1(O)C(=O)OC2C(O)COC21O. The standard InChI is InChI=1S/C18H30O8/c1-2-3-4-5-6-7-8-13-11(9-14(20)25-13)17(22)16(21)26-15-12(19)10-24-18(15,17)23/h11-15,19-20,22-23H,2-10H2,1H3. The summed E-state index contributed by atoms with van der Waals surface area (Å²) in [6.45, 7) is 1.91. The van der Waals surface area contributed by atoms with E-state index >= 15 is 0 Å². The maximum absolute atomic E-state index is 12.4. The van der Waals surface area contributed by atoms with Gasteiger partial charge in [0.15, 0.2) is 12.4 Å². The fourth-order valence-electron chi connectivity index (χ4n) is 4.45. The van der Waals surface area contributed by atoms with Gasteiger partial charge >= 0.3 is 5.97 Å². The highest BCUT2D eigenvalue weighted by Gasteiger charge is 2.77. The van der Waals surface area contributed by atoms with Crippen molar-refractivity contribution < 1.29 is 39.4 Å². The van der Waals surface area contributed by atoms with Crippen molar-refractivity contribution in [2.24, 2.45) is 5.92 Å². The first-order valence-electron chi connectivity index (χ1n) is 9.66. The number of unbranched alkanes of at least 4 members (excludes halogenated alkanes) is 5. The van der Waals surface area contributed by atoms with Crippen LogP contribution >= 0.6 is 0 Å². The number of hydrogen-bond donors (Lipinski definition) is 4. The first-order chi connectivity index (χ1) is 12.3. The largest absolute Gasteiger partial charge is 0.451 e. The van der Waals surface area contributed by atoms with Gasteiger partial charge in [-0.2, -0.15) is 0 Å². The van der Waals surface area contributed by atoms with Crippen LogP contribution in [-0.2, 0) is 19.0 Å². The summed E-state index contributed by atoms with van der Waals surface area (Å²) in [6.07, 6.45) is 2.71. The Kier molecular flexibility index (Phi) is 5.91. The molecule has 3 aliphatic rings. The van der Waals surface area contributed by atoms with Crippen LogP contribution in [0.2, 0.25) is 0 Å². The van der Waals surface area contributed by atoms with E-state index in [2.05, 4.69) is 6.92 Å². The molecule has 4 N–H and O–H groups in total. The monoisotopic (exact) mass is 374 g/mol. The van der Waals surface area contributed by atoms with E-state index in [1.807, 2.05) is 0 Å². The van der Waals surface area contributed by atoms with Crippen LogP contribution in [0.1, 0.15) is 58.3 Å². The molecule has 0 aromatic carbocycles. The first-order valence-corrected chi connectivity index (χ1v) is 9.66. The van der Waals surface area contributed by atoms with E-state index < -0.39 is 47.9 Å². The minimum atomic E-state index is -2.38. The maximum Gasteiger partial charge on any atom is 0.345 e. The predicted octanol–water partition coefficient (Wildman–Crippen LogP) is 0.197. The molecule has 8 heteroatoms. The lowest BCUT2D eigenvalue weighted by atomic mass is 9.75. The predicted molar refractivity (Wildman–Crippen MR) is 88.7 cm³/mol. The lowest BCUT2D eigenvalue weighted by Crippen LogP contribution is -2.63. The summed E-state index contributed by atoms with van der Waals surface area (Å²) >= 11 is 0. The highest BCUT2D eigenvalue weighted by molar-refractivity contribution is 5.84. The fourth-order valence-corrected chi connectivity index (χ4v) is 4.45. The highest BCUT2D eigenvalue weighted by Crippen LogP contribution is 2.51.